The van der Waals surface area contributed by atoms with Gasteiger partial charge in [-0.05, 0) is 13.0 Å². The van der Waals surface area contributed by atoms with Crippen LogP contribution in [0, 0.1) is 0 Å². The molecule has 0 aliphatic heterocycles. The molecule has 16 heavy (non-hydrogen) atoms. The molecule has 2 aromatic rings. The van der Waals surface area contributed by atoms with Gasteiger partial charge >= 0.3 is 0 Å². The molecule has 3 nitrogen and oxygen atoms in total. The summed E-state index contributed by atoms with van der Waals surface area (Å²) in [4.78, 5) is 15.0. The van der Waals surface area contributed by atoms with Crippen molar-refractivity contribution < 1.29 is 4.79 Å². The van der Waals surface area contributed by atoms with E-state index in [1.165, 1.54) is 0 Å². The topological polar surface area (TPSA) is 44.9 Å². The van der Waals surface area contributed by atoms with Gasteiger partial charge in [0.15, 0.2) is 0 Å². The summed E-state index contributed by atoms with van der Waals surface area (Å²) in [6.07, 6.45) is 3.43. The number of H-pyrrole nitrogens is 1. The van der Waals surface area contributed by atoms with Gasteiger partial charge in [-0.15, -0.1) is 6.58 Å². The summed E-state index contributed by atoms with van der Waals surface area (Å²) in [5, 5.41) is 3.79. The van der Waals surface area contributed by atoms with Crippen molar-refractivity contribution in [3.05, 3.63) is 48.7 Å². The fourth-order valence-corrected chi connectivity index (χ4v) is 1.60. The maximum absolute atomic E-state index is 11.9. The molecule has 2 N–H and O–H groups in total. The zero-order valence-corrected chi connectivity index (χ0v) is 9.16. The fourth-order valence-electron chi connectivity index (χ4n) is 1.60. The minimum atomic E-state index is -0.0788. The van der Waals surface area contributed by atoms with E-state index in [0.29, 0.717) is 5.56 Å². The number of carbonyl (C=O) groups excluding carboxylic acids is 1. The van der Waals surface area contributed by atoms with Crippen molar-refractivity contribution in [2.75, 3.05) is 0 Å². The molecule has 1 aromatic heterocycles. The van der Waals surface area contributed by atoms with Gasteiger partial charge < -0.3 is 10.3 Å². The first kappa shape index (κ1) is 10.5. The van der Waals surface area contributed by atoms with E-state index in [9.17, 15) is 4.79 Å². The first-order valence-corrected chi connectivity index (χ1v) is 5.22. The van der Waals surface area contributed by atoms with E-state index in [0.717, 1.165) is 10.9 Å². The van der Waals surface area contributed by atoms with E-state index in [1.807, 2.05) is 31.2 Å². The zero-order chi connectivity index (χ0) is 11.5. The molecule has 0 aliphatic rings. The van der Waals surface area contributed by atoms with Gasteiger partial charge in [0.1, 0.15) is 0 Å². The lowest BCUT2D eigenvalue weighted by Gasteiger charge is -2.07. The molecule has 0 spiro atoms. The third-order valence-electron chi connectivity index (χ3n) is 2.55. The van der Waals surface area contributed by atoms with Gasteiger partial charge in [0, 0.05) is 23.1 Å². The molecular weight excluding hydrogens is 200 g/mol. The molecular formula is C13H14N2O. The molecule has 0 saturated heterocycles. The zero-order valence-electron chi connectivity index (χ0n) is 9.16. The quantitative estimate of drug-likeness (QED) is 0.757. The van der Waals surface area contributed by atoms with Crippen molar-refractivity contribution in [1.29, 1.82) is 0 Å². The third kappa shape index (κ3) is 1.84. The average Bonchev–Trinajstić information content (AvgIpc) is 2.72. The van der Waals surface area contributed by atoms with Gasteiger partial charge in [-0.3, -0.25) is 4.79 Å². The molecule has 0 aliphatic carbocycles. The number of rotatable bonds is 3. The summed E-state index contributed by atoms with van der Waals surface area (Å²) in [5.41, 5.74) is 1.64. The minimum Gasteiger partial charge on any atom is -0.360 e. The fraction of sp³-hybridized carbons (Fsp3) is 0.154. The van der Waals surface area contributed by atoms with Gasteiger partial charge in [0.25, 0.3) is 5.91 Å². The molecule has 1 amide bonds. The van der Waals surface area contributed by atoms with Crippen LogP contribution in [-0.2, 0) is 0 Å². The summed E-state index contributed by atoms with van der Waals surface area (Å²) >= 11 is 0. The lowest BCUT2D eigenvalue weighted by molar-refractivity contribution is 0.0948. The van der Waals surface area contributed by atoms with Crippen LogP contribution >= 0.6 is 0 Å². The summed E-state index contributed by atoms with van der Waals surface area (Å²) in [6, 6.07) is 7.71. The molecule has 3 heteroatoms. The number of carbonyl (C=O) groups is 1. The van der Waals surface area contributed by atoms with Gasteiger partial charge in [-0.25, -0.2) is 0 Å². The maximum Gasteiger partial charge on any atom is 0.253 e. The molecule has 0 saturated carbocycles. The lowest BCUT2D eigenvalue weighted by atomic mass is 10.1. The smallest absolute Gasteiger partial charge is 0.253 e. The van der Waals surface area contributed by atoms with Crippen LogP contribution in [0.5, 0.6) is 0 Å². The first-order valence-electron chi connectivity index (χ1n) is 5.22. The van der Waals surface area contributed by atoms with E-state index in [-0.39, 0.29) is 11.9 Å². The molecule has 2 rings (SSSR count). The van der Waals surface area contributed by atoms with E-state index in [4.69, 9.17) is 0 Å². The summed E-state index contributed by atoms with van der Waals surface area (Å²) in [7, 11) is 0. The highest BCUT2D eigenvalue weighted by Gasteiger charge is 2.12. The average molecular weight is 214 g/mol. The Morgan fingerprint density at radius 1 is 1.50 bits per heavy atom. The van der Waals surface area contributed by atoms with Crippen molar-refractivity contribution in [1.82, 2.24) is 10.3 Å². The number of hydrogen-bond donors (Lipinski definition) is 2. The predicted molar refractivity (Wildman–Crippen MR) is 65.4 cm³/mol. The Morgan fingerprint density at radius 3 is 3.00 bits per heavy atom. The number of nitrogens with one attached hydrogen (secondary N) is 2. The summed E-state index contributed by atoms with van der Waals surface area (Å²) < 4.78 is 0. The molecule has 1 aromatic carbocycles. The number of fused-ring (bicyclic) bond motifs is 1. The Morgan fingerprint density at radius 2 is 2.25 bits per heavy atom. The third-order valence-corrected chi connectivity index (χ3v) is 2.55. The van der Waals surface area contributed by atoms with E-state index >= 15 is 0 Å². The van der Waals surface area contributed by atoms with Crippen LogP contribution < -0.4 is 5.32 Å². The van der Waals surface area contributed by atoms with Crippen molar-refractivity contribution in [3.8, 4) is 0 Å². The van der Waals surface area contributed by atoms with E-state index < -0.39 is 0 Å². The Hall–Kier alpha value is -2.03. The van der Waals surface area contributed by atoms with Crippen LogP contribution in [0.4, 0.5) is 0 Å². The Balaban J connectivity index is 2.33. The molecule has 0 fully saturated rings. The minimum absolute atomic E-state index is 0.0267. The maximum atomic E-state index is 11.9. The first-order chi connectivity index (χ1) is 7.72. The molecule has 1 heterocycles. The normalized spacial score (nSPS) is 12.3. The van der Waals surface area contributed by atoms with Gasteiger partial charge in [-0.1, -0.05) is 24.3 Å². The summed E-state index contributed by atoms with van der Waals surface area (Å²) in [6.45, 7) is 5.52. The largest absolute Gasteiger partial charge is 0.360 e. The molecule has 82 valence electrons. The van der Waals surface area contributed by atoms with Crippen LogP contribution in [0.3, 0.4) is 0 Å². The Kier molecular flexibility index (Phi) is 2.77. The number of aromatic amines is 1. The predicted octanol–water partition coefficient (Wildman–Crippen LogP) is 2.47. The number of benzene rings is 1. The Labute approximate surface area is 94.2 Å². The van der Waals surface area contributed by atoms with Crippen molar-refractivity contribution >= 4 is 16.8 Å². The van der Waals surface area contributed by atoms with Crippen LogP contribution in [-0.4, -0.2) is 16.9 Å². The van der Waals surface area contributed by atoms with Crippen LogP contribution in [0.25, 0.3) is 10.9 Å². The SMILES string of the molecule is C=CC(C)NC(=O)c1c[nH]c2ccccc12. The van der Waals surface area contributed by atoms with Crippen molar-refractivity contribution in [3.63, 3.8) is 0 Å². The van der Waals surface area contributed by atoms with Crippen molar-refractivity contribution in [2.24, 2.45) is 0 Å². The van der Waals surface area contributed by atoms with Crippen molar-refractivity contribution in [2.45, 2.75) is 13.0 Å². The monoisotopic (exact) mass is 214 g/mol. The second kappa shape index (κ2) is 4.23. The highest BCUT2D eigenvalue weighted by atomic mass is 16.1. The number of hydrogen-bond acceptors (Lipinski definition) is 1. The van der Waals surface area contributed by atoms with Crippen LogP contribution in [0.1, 0.15) is 17.3 Å². The van der Waals surface area contributed by atoms with Gasteiger partial charge in [-0.2, -0.15) is 0 Å². The van der Waals surface area contributed by atoms with Gasteiger partial charge in [0.2, 0.25) is 0 Å². The van der Waals surface area contributed by atoms with Gasteiger partial charge in [0.05, 0.1) is 5.56 Å². The number of para-hydroxylation sites is 1. The molecule has 0 radical (unpaired) electrons. The second-order valence-corrected chi connectivity index (χ2v) is 3.75. The highest BCUT2D eigenvalue weighted by molar-refractivity contribution is 6.06. The van der Waals surface area contributed by atoms with E-state index in [1.54, 1.807) is 12.3 Å². The standard InChI is InChI=1S/C13H14N2O/c1-3-9(2)15-13(16)11-8-14-12-7-5-4-6-10(11)12/h3-9,14H,1H2,2H3,(H,15,16). The lowest BCUT2D eigenvalue weighted by Crippen LogP contribution is -2.30. The molecule has 1 atom stereocenters. The summed E-state index contributed by atoms with van der Waals surface area (Å²) in [5.74, 6) is -0.0788. The molecule has 0 bridgehead atoms. The number of amides is 1. The van der Waals surface area contributed by atoms with E-state index in [2.05, 4.69) is 16.9 Å². The number of aromatic nitrogens is 1. The van der Waals surface area contributed by atoms with Crippen LogP contribution in [0.15, 0.2) is 43.1 Å². The highest BCUT2D eigenvalue weighted by Crippen LogP contribution is 2.17. The molecule has 1 unspecified atom stereocenters. The Bertz CT molecular complexity index is 527. The van der Waals surface area contributed by atoms with Crippen LogP contribution in [0.2, 0.25) is 0 Å². The second-order valence-electron chi connectivity index (χ2n) is 3.75.